The van der Waals surface area contributed by atoms with Crippen molar-refractivity contribution >= 4 is 17.6 Å². The predicted octanol–water partition coefficient (Wildman–Crippen LogP) is 1.48. The van der Waals surface area contributed by atoms with Crippen LogP contribution >= 0.6 is 11.6 Å². The largest absolute Gasteiger partial charge is 0.495 e. The van der Waals surface area contributed by atoms with Gasteiger partial charge >= 0.3 is 5.97 Å². The lowest BCUT2D eigenvalue weighted by molar-refractivity contribution is -0.147. The first kappa shape index (κ1) is 14.4. The van der Waals surface area contributed by atoms with Gasteiger partial charge in [0, 0.05) is 6.07 Å². The fraction of sp³-hybridized carbons (Fsp3) is 0.364. The maximum absolute atomic E-state index is 10.9. The fourth-order valence-corrected chi connectivity index (χ4v) is 1.83. The van der Waals surface area contributed by atoms with Gasteiger partial charge in [-0.05, 0) is 0 Å². The lowest BCUT2D eigenvalue weighted by atomic mass is 10.1. The smallest absolute Gasteiger partial charge is 0.337 e. The average molecular weight is 277 g/mol. The summed E-state index contributed by atoms with van der Waals surface area (Å²) in [5.74, 6) is -1.15. The number of carbonyl (C=O) groups is 1. The standard InChI is InChI=1S/C11H13ClO6/c1-16-6-4-5(12)9(17-2)7(10(6)18-3)8(13)11(14)15/h4,8,13H,1-3H3,(H,14,15). The molecule has 2 N–H and O–H groups in total. The summed E-state index contributed by atoms with van der Waals surface area (Å²) in [5, 5.41) is 18.7. The molecule has 0 spiro atoms. The van der Waals surface area contributed by atoms with Crippen molar-refractivity contribution in [2.75, 3.05) is 21.3 Å². The minimum atomic E-state index is -1.83. The van der Waals surface area contributed by atoms with Gasteiger partial charge in [-0.25, -0.2) is 4.79 Å². The molecule has 7 heteroatoms. The summed E-state index contributed by atoms with van der Waals surface area (Å²) in [4.78, 5) is 10.9. The molecule has 0 aliphatic rings. The molecule has 18 heavy (non-hydrogen) atoms. The Morgan fingerprint density at radius 2 is 1.78 bits per heavy atom. The van der Waals surface area contributed by atoms with Gasteiger partial charge in [0.15, 0.2) is 17.6 Å². The number of methoxy groups -OCH3 is 3. The Morgan fingerprint density at radius 3 is 2.17 bits per heavy atom. The zero-order chi connectivity index (χ0) is 13.9. The van der Waals surface area contributed by atoms with Gasteiger partial charge in [-0.1, -0.05) is 11.6 Å². The first-order valence-corrected chi connectivity index (χ1v) is 5.24. The molecule has 6 nitrogen and oxygen atoms in total. The van der Waals surface area contributed by atoms with E-state index >= 15 is 0 Å². The molecule has 0 aromatic heterocycles. The Kier molecular flexibility index (Phi) is 4.63. The van der Waals surface area contributed by atoms with Crippen LogP contribution in [0.25, 0.3) is 0 Å². The van der Waals surface area contributed by atoms with Crippen LogP contribution in [0, 0.1) is 0 Å². The van der Waals surface area contributed by atoms with Crippen LogP contribution in [0.15, 0.2) is 6.07 Å². The highest BCUT2D eigenvalue weighted by molar-refractivity contribution is 6.32. The van der Waals surface area contributed by atoms with E-state index < -0.39 is 12.1 Å². The van der Waals surface area contributed by atoms with E-state index in [1.807, 2.05) is 0 Å². The Morgan fingerprint density at radius 1 is 1.22 bits per heavy atom. The van der Waals surface area contributed by atoms with E-state index in [9.17, 15) is 9.90 Å². The number of hydrogen-bond donors (Lipinski definition) is 2. The monoisotopic (exact) mass is 276 g/mol. The van der Waals surface area contributed by atoms with Crippen molar-refractivity contribution in [3.63, 3.8) is 0 Å². The van der Waals surface area contributed by atoms with Crippen molar-refractivity contribution in [3.05, 3.63) is 16.7 Å². The minimum absolute atomic E-state index is 0.0317. The van der Waals surface area contributed by atoms with E-state index in [1.165, 1.54) is 27.4 Å². The molecule has 0 fully saturated rings. The molecule has 0 saturated heterocycles. The quantitative estimate of drug-likeness (QED) is 0.847. The molecule has 0 amide bonds. The summed E-state index contributed by atoms with van der Waals surface area (Å²) in [6.07, 6.45) is -1.83. The summed E-state index contributed by atoms with van der Waals surface area (Å²) in [6.45, 7) is 0. The van der Waals surface area contributed by atoms with Gasteiger partial charge < -0.3 is 24.4 Å². The van der Waals surface area contributed by atoms with Crippen molar-refractivity contribution in [2.24, 2.45) is 0 Å². The minimum Gasteiger partial charge on any atom is -0.495 e. The topological polar surface area (TPSA) is 85.2 Å². The van der Waals surface area contributed by atoms with Gasteiger partial charge in [-0.15, -0.1) is 0 Å². The summed E-state index contributed by atoms with van der Waals surface area (Å²) < 4.78 is 15.1. The summed E-state index contributed by atoms with van der Waals surface area (Å²) in [6, 6.07) is 1.41. The molecule has 0 radical (unpaired) electrons. The third kappa shape index (κ3) is 2.44. The number of carboxylic acid groups (broad SMARTS) is 1. The Bertz CT molecular complexity index is 459. The molecule has 1 unspecified atom stereocenters. The van der Waals surface area contributed by atoms with E-state index in [1.54, 1.807) is 0 Å². The molecule has 1 rings (SSSR count). The Labute approximate surface area is 109 Å². The number of hydrogen-bond acceptors (Lipinski definition) is 5. The fourth-order valence-electron chi connectivity index (χ4n) is 1.55. The zero-order valence-electron chi connectivity index (χ0n) is 10.1. The Hall–Kier alpha value is -1.66. The van der Waals surface area contributed by atoms with Crippen LogP contribution in [0.1, 0.15) is 11.7 Å². The van der Waals surface area contributed by atoms with Gasteiger partial charge in [0.1, 0.15) is 5.75 Å². The van der Waals surface area contributed by atoms with E-state index in [-0.39, 0.29) is 27.8 Å². The molecular formula is C11H13ClO6. The maximum Gasteiger partial charge on any atom is 0.337 e. The highest BCUT2D eigenvalue weighted by Gasteiger charge is 2.29. The zero-order valence-corrected chi connectivity index (χ0v) is 10.8. The first-order valence-electron chi connectivity index (χ1n) is 4.87. The van der Waals surface area contributed by atoms with E-state index in [0.29, 0.717) is 0 Å². The van der Waals surface area contributed by atoms with Crippen LogP contribution in [-0.2, 0) is 4.79 Å². The van der Waals surface area contributed by atoms with E-state index in [0.717, 1.165) is 0 Å². The molecule has 0 heterocycles. The van der Waals surface area contributed by atoms with Gasteiger partial charge in [-0.3, -0.25) is 0 Å². The van der Waals surface area contributed by atoms with Crippen molar-refractivity contribution in [1.29, 1.82) is 0 Å². The molecule has 0 bridgehead atoms. The highest BCUT2D eigenvalue weighted by atomic mass is 35.5. The van der Waals surface area contributed by atoms with Crippen molar-refractivity contribution in [2.45, 2.75) is 6.10 Å². The van der Waals surface area contributed by atoms with Crippen LogP contribution in [-0.4, -0.2) is 37.5 Å². The second-order valence-electron chi connectivity index (χ2n) is 3.28. The lowest BCUT2D eigenvalue weighted by Gasteiger charge is -2.19. The predicted molar refractivity (Wildman–Crippen MR) is 63.7 cm³/mol. The number of aliphatic carboxylic acids is 1. The molecule has 1 aromatic rings. The normalized spacial score (nSPS) is 11.8. The molecule has 0 aliphatic heterocycles. The molecule has 1 aromatic carbocycles. The van der Waals surface area contributed by atoms with Gasteiger partial charge in [0.05, 0.1) is 31.9 Å². The molecular weight excluding hydrogens is 264 g/mol. The van der Waals surface area contributed by atoms with E-state index in [2.05, 4.69) is 0 Å². The first-order chi connectivity index (χ1) is 8.47. The Balaban J connectivity index is 3.60. The van der Waals surface area contributed by atoms with Gasteiger partial charge in [-0.2, -0.15) is 0 Å². The number of aliphatic hydroxyl groups excluding tert-OH is 1. The number of halogens is 1. The van der Waals surface area contributed by atoms with Crippen LogP contribution in [0.2, 0.25) is 5.02 Å². The summed E-state index contributed by atoms with van der Waals surface area (Å²) in [7, 11) is 4.01. The maximum atomic E-state index is 10.9. The van der Waals surface area contributed by atoms with Crippen molar-refractivity contribution in [3.8, 4) is 17.2 Å². The highest BCUT2D eigenvalue weighted by Crippen LogP contribution is 2.45. The third-order valence-corrected chi connectivity index (χ3v) is 2.60. The lowest BCUT2D eigenvalue weighted by Crippen LogP contribution is -2.14. The number of benzene rings is 1. The average Bonchev–Trinajstić information content (AvgIpc) is 2.36. The van der Waals surface area contributed by atoms with Crippen molar-refractivity contribution < 1.29 is 29.2 Å². The molecule has 100 valence electrons. The SMILES string of the molecule is COc1cc(Cl)c(OC)c(C(O)C(=O)O)c1OC. The number of carboxylic acids is 1. The molecule has 0 aliphatic carbocycles. The van der Waals surface area contributed by atoms with Crippen LogP contribution in [0.5, 0.6) is 17.2 Å². The second kappa shape index (κ2) is 5.79. The molecule has 0 saturated carbocycles. The number of aliphatic hydroxyl groups is 1. The summed E-state index contributed by atoms with van der Waals surface area (Å²) >= 11 is 5.93. The molecule has 1 atom stereocenters. The van der Waals surface area contributed by atoms with Crippen molar-refractivity contribution in [1.82, 2.24) is 0 Å². The third-order valence-electron chi connectivity index (χ3n) is 2.32. The summed E-state index contributed by atoms with van der Waals surface area (Å²) in [5.41, 5.74) is -0.0862. The van der Waals surface area contributed by atoms with Crippen LogP contribution in [0.4, 0.5) is 0 Å². The van der Waals surface area contributed by atoms with Crippen LogP contribution < -0.4 is 14.2 Å². The van der Waals surface area contributed by atoms with Gasteiger partial charge in [0.25, 0.3) is 0 Å². The number of rotatable bonds is 5. The van der Waals surface area contributed by atoms with Crippen LogP contribution in [0.3, 0.4) is 0 Å². The number of ether oxygens (including phenoxy) is 3. The van der Waals surface area contributed by atoms with E-state index in [4.69, 9.17) is 30.9 Å². The van der Waals surface area contributed by atoms with Gasteiger partial charge in [0.2, 0.25) is 0 Å². The second-order valence-corrected chi connectivity index (χ2v) is 3.69.